The highest BCUT2D eigenvalue weighted by molar-refractivity contribution is 9.09. The predicted octanol–water partition coefficient (Wildman–Crippen LogP) is 3.85. The van der Waals surface area contributed by atoms with Gasteiger partial charge in [0, 0.05) is 11.2 Å². The molecule has 1 rings (SSSR count). The minimum atomic E-state index is -0.170. The lowest BCUT2D eigenvalue weighted by Gasteiger charge is -2.07. The molecule has 0 amide bonds. The molecule has 2 nitrogen and oxygen atoms in total. The lowest BCUT2D eigenvalue weighted by atomic mass is 10.2. The van der Waals surface area contributed by atoms with Crippen molar-refractivity contribution >= 4 is 21.9 Å². The molecule has 0 aliphatic rings. The maximum atomic E-state index is 11.3. The summed E-state index contributed by atoms with van der Waals surface area (Å²) in [6.07, 6.45) is 1.28. The highest BCUT2D eigenvalue weighted by Crippen LogP contribution is 2.25. The molecule has 0 N–H and O–H groups in total. The van der Waals surface area contributed by atoms with E-state index in [1.165, 1.54) is 0 Å². The SMILES string of the molecule is CCCC(=O)Oc1cccc(C(C)Br)c1. The number of alkyl halides is 1. The number of carbonyl (C=O) groups is 1. The average Bonchev–Trinajstić information content (AvgIpc) is 2.18. The second-order valence-electron chi connectivity index (χ2n) is 3.41. The molecule has 82 valence electrons. The van der Waals surface area contributed by atoms with Gasteiger partial charge in [-0.25, -0.2) is 0 Å². The van der Waals surface area contributed by atoms with Crippen molar-refractivity contribution in [1.82, 2.24) is 0 Å². The van der Waals surface area contributed by atoms with Gasteiger partial charge in [-0.1, -0.05) is 35.0 Å². The third kappa shape index (κ3) is 4.04. The van der Waals surface area contributed by atoms with Crippen molar-refractivity contribution in [1.29, 1.82) is 0 Å². The van der Waals surface area contributed by atoms with Crippen LogP contribution in [0.25, 0.3) is 0 Å². The molecular formula is C12H15BrO2. The Morgan fingerprint density at radius 3 is 2.87 bits per heavy atom. The largest absolute Gasteiger partial charge is 0.427 e. The standard InChI is InChI=1S/C12H15BrO2/c1-3-5-12(14)15-11-7-4-6-10(8-11)9(2)13/h4,6-9H,3,5H2,1-2H3. The van der Waals surface area contributed by atoms with E-state index < -0.39 is 0 Å². The van der Waals surface area contributed by atoms with Gasteiger partial charge < -0.3 is 4.74 Å². The summed E-state index contributed by atoms with van der Waals surface area (Å²) in [7, 11) is 0. The molecule has 1 aromatic carbocycles. The van der Waals surface area contributed by atoms with E-state index in [0.717, 1.165) is 12.0 Å². The van der Waals surface area contributed by atoms with Crippen LogP contribution in [0.2, 0.25) is 0 Å². The first-order valence-electron chi connectivity index (χ1n) is 5.08. The maximum Gasteiger partial charge on any atom is 0.311 e. The van der Waals surface area contributed by atoms with Crippen molar-refractivity contribution in [3.63, 3.8) is 0 Å². The molecule has 1 atom stereocenters. The van der Waals surface area contributed by atoms with Gasteiger partial charge in [-0.15, -0.1) is 0 Å². The van der Waals surface area contributed by atoms with Crippen molar-refractivity contribution in [2.24, 2.45) is 0 Å². The quantitative estimate of drug-likeness (QED) is 0.472. The van der Waals surface area contributed by atoms with Crippen molar-refractivity contribution in [2.75, 3.05) is 0 Å². The number of hydrogen-bond acceptors (Lipinski definition) is 2. The normalized spacial score (nSPS) is 12.2. The van der Waals surface area contributed by atoms with Gasteiger partial charge in [0.25, 0.3) is 0 Å². The summed E-state index contributed by atoms with van der Waals surface area (Å²) in [5.74, 6) is 0.453. The minimum Gasteiger partial charge on any atom is -0.427 e. The summed E-state index contributed by atoms with van der Waals surface area (Å²) in [6, 6.07) is 7.57. The molecule has 0 aromatic heterocycles. The number of halogens is 1. The van der Waals surface area contributed by atoms with E-state index in [4.69, 9.17) is 4.74 Å². The Hall–Kier alpha value is -0.830. The molecule has 1 aromatic rings. The van der Waals surface area contributed by atoms with Crippen LogP contribution >= 0.6 is 15.9 Å². The number of rotatable bonds is 4. The van der Waals surface area contributed by atoms with Gasteiger partial charge in [-0.3, -0.25) is 4.79 Å². The fourth-order valence-corrected chi connectivity index (χ4v) is 1.50. The molecule has 0 heterocycles. The van der Waals surface area contributed by atoms with E-state index in [1.807, 2.05) is 32.0 Å². The Morgan fingerprint density at radius 2 is 2.27 bits per heavy atom. The molecule has 15 heavy (non-hydrogen) atoms. The third-order valence-electron chi connectivity index (χ3n) is 2.00. The first-order valence-corrected chi connectivity index (χ1v) is 5.99. The molecule has 0 saturated heterocycles. The monoisotopic (exact) mass is 270 g/mol. The molecule has 0 saturated carbocycles. The van der Waals surface area contributed by atoms with Crippen LogP contribution in [0.1, 0.15) is 37.1 Å². The Bertz CT molecular complexity index is 334. The topological polar surface area (TPSA) is 26.3 Å². The van der Waals surface area contributed by atoms with Gasteiger partial charge in [-0.2, -0.15) is 0 Å². The summed E-state index contributed by atoms with van der Waals surface area (Å²) >= 11 is 3.47. The second-order valence-corrected chi connectivity index (χ2v) is 4.79. The zero-order valence-electron chi connectivity index (χ0n) is 9.00. The summed E-state index contributed by atoms with van der Waals surface area (Å²) < 4.78 is 5.19. The van der Waals surface area contributed by atoms with Crippen LogP contribution in [-0.2, 0) is 4.79 Å². The fourth-order valence-electron chi connectivity index (χ4n) is 1.21. The Balaban J connectivity index is 2.69. The van der Waals surface area contributed by atoms with Crippen LogP contribution < -0.4 is 4.74 Å². The van der Waals surface area contributed by atoms with Gasteiger partial charge in [-0.05, 0) is 31.0 Å². The molecule has 0 bridgehead atoms. The van der Waals surface area contributed by atoms with Crippen molar-refractivity contribution in [3.8, 4) is 5.75 Å². The maximum absolute atomic E-state index is 11.3. The van der Waals surface area contributed by atoms with Crippen LogP contribution in [0.3, 0.4) is 0 Å². The average molecular weight is 271 g/mol. The van der Waals surface area contributed by atoms with Gasteiger partial charge >= 0.3 is 5.97 Å². The van der Waals surface area contributed by atoms with E-state index in [9.17, 15) is 4.79 Å². The Kier molecular flexibility index (Phi) is 4.82. The molecule has 0 spiro atoms. The van der Waals surface area contributed by atoms with Crippen LogP contribution in [0.4, 0.5) is 0 Å². The summed E-state index contributed by atoms with van der Waals surface area (Å²) in [4.78, 5) is 11.5. The molecule has 0 aliphatic heterocycles. The van der Waals surface area contributed by atoms with Crippen molar-refractivity contribution < 1.29 is 9.53 Å². The number of ether oxygens (including phenoxy) is 1. The molecule has 0 fully saturated rings. The van der Waals surface area contributed by atoms with Crippen LogP contribution in [0.15, 0.2) is 24.3 Å². The zero-order valence-corrected chi connectivity index (χ0v) is 10.6. The molecule has 1 unspecified atom stereocenters. The smallest absolute Gasteiger partial charge is 0.311 e. The van der Waals surface area contributed by atoms with Crippen LogP contribution in [-0.4, -0.2) is 5.97 Å². The van der Waals surface area contributed by atoms with Gasteiger partial charge in [0.1, 0.15) is 5.75 Å². The van der Waals surface area contributed by atoms with E-state index >= 15 is 0 Å². The molecule has 0 radical (unpaired) electrons. The number of benzene rings is 1. The van der Waals surface area contributed by atoms with Crippen molar-refractivity contribution in [2.45, 2.75) is 31.5 Å². The summed E-state index contributed by atoms with van der Waals surface area (Å²) in [6.45, 7) is 3.99. The molecular weight excluding hydrogens is 256 g/mol. The molecule has 3 heteroatoms. The predicted molar refractivity (Wildman–Crippen MR) is 64.3 cm³/mol. The van der Waals surface area contributed by atoms with Crippen LogP contribution in [0, 0.1) is 0 Å². The number of hydrogen-bond donors (Lipinski definition) is 0. The van der Waals surface area contributed by atoms with E-state index in [-0.39, 0.29) is 10.8 Å². The summed E-state index contributed by atoms with van der Waals surface area (Å²) in [5.41, 5.74) is 1.11. The van der Waals surface area contributed by atoms with Gasteiger partial charge in [0.05, 0.1) is 0 Å². The van der Waals surface area contributed by atoms with E-state index in [1.54, 1.807) is 6.07 Å². The fraction of sp³-hybridized carbons (Fsp3) is 0.417. The lowest BCUT2D eigenvalue weighted by Crippen LogP contribution is -2.06. The Morgan fingerprint density at radius 1 is 1.53 bits per heavy atom. The Labute approximate surface area is 98.8 Å². The second kappa shape index (κ2) is 5.91. The minimum absolute atomic E-state index is 0.170. The van der Waals surface area contributed by atoms with Crippen LogP contribution in [0.5, 0.6) is 5.75 Å². The first-order chi connectivity index (χ1) is 7.13. The van der Waals surface area contributed by atoms with E-state index in [2.05, 4.69) is 15.9 Å². The van der Waals surface area contributed by atoms with Crippen molar-refractivity contribution in [3.05, 3.63) is 29.8 Å². The molecule has 0 aliphatic carbocycles. The zero-order chi connectivity index (χ0) is 11.3. The first kappa shape index (κ1) is 12.2. The highest BCUT2D eigenvalue weighted by Gasteiger charge is 2.05. The lowest BCUT2D eigenvalue weighted by molar-refractivity contribution is -0.134. The number of esters is 1. The summed E-state index contributed by atoms with van der Waals surface area (Å²) in [5, 5.41) is 0. The highest BCUT2D eigenvalue weighted by atomic mass is 79.9. The van der Waals surface area contributed by atoms with E-state index in [0.29, 0.717) is 12.2 Å². The van der Waals surface area contributed by atoms with Gasteiger partial charge in [0.15, 0.2) is 0 Å². The third-order valence-corrected chi connectivity index (χ3v) is 2.53. The van der Waals surface area contributed by atoms with Gasteiger partial charge in [0.2, 0.25) is 0 Å². The number of carbonyl (C=O) groups excluding carboxylic acids is 1.